The minimum absolute atomic E-state index is 0.184. The molecule has 2 aromatic heterocycles. The Bertz CT molecular complexity index is 2260. The summed E-state index contributed by atoms with van der Waals surface area (Å²) in [5.74, 6) is 0. The van der Waals surface area contributed by atoms with Crippen LogP contribution in [0.4, 0.5) is 0 Å². The van der Waals surface area contributed by atoms with Gasteiger partial charge in [-0.2, -0.15) is 0 Å². The van der Waals surface area contributed by atoms with Crippen molar-refractivity contribution in [2.24, 2.45) is 0 Å². The molecule has 0 aliphatic carbocycles. The van der Waals surface area contributed by atoms with Crippen LogP contribution in [0.3, 0.4) is 0 Å². The first-order chi connectivity index (χ1) is 24.7. The van der Waals surface area contributed by atoms with Crippen LogP contribution in [0.5, 0.6) is 0 Å². The summed E-state index contributed by atoms with van der Waals surface area (Å²) in [6.45, 7) is 15.3. The summed E-state index contributed by atoms with van der Waals surface area (Å²) in [5.41, 5.74) is 10.8. The van der Waals surface area contributed by atoms with Crippen LogP contribution in [-0.4, -0.2) is 9.13 Å². The zero-order chi connectivity index (χ0) is 36.9. The van der Waals surface area contributed by atoms with Crippen LogP contribution in [0.25, 0.3) is 43.6 Å². The SMILES string of the molecule is CC(C)(C)c1ccc(Cn2c3ccc(Br)cc3c3cc(Br)ccc32)cc1.CC(C)(C)c1ccc(Cn2c3ccc(Br)cc3c3cc(Br)ccc32)cc1. The molecule has 6 heteroatoms. The van der Waals surface area contributed by atoms with Gasteiger partial charge in [-0.25, -0.2) is 0 Å². The average Bonchev–Trinajstić information content (AvgIpc) is 3.54. The van der Waals surface area contributed by atoms with Crippen molar-refractivity contribution >= 4 is 107 Å². The minimum Gasteiger partial charge on any atom is -0.336 e. The van der Waals surface area contributed by atoms with E-state index < -0.39 is 0 Å². The lowest BCUT2D eigenvalue weighted by atomic mass is 9.87. The van der Waals surface area contributed by atoms with Gasteiger partial charge in [-0.05, 0) is 106 Å². The monoisotopic (exact) mass is 938 g/mol. The molecular weight excluding hydrogens is 900 g/mol. The molecule has 8 aromatic rings. The van der Waals surface area contributed by atoms with Gasteiger partial charge in [0, 0.05) is 74.6 Å². The summed E-state index contributed by atoms with van der Waals surface area (Å²) in [7, 11) is 0. The van der Waals surface area contributed by atoms with Gasteiger partial charge >= 0.3 is 0 Å². The first-order valence-corrected chi connectivity index (χ1v) is 20.8. The molecule has 52 heavy (non-hydrogen) atoms. The topological polar surface area (TPSA) is 9.86 Å². The van der Waals surface area contributed by atoms with Crippen molar-refractivity contribution in [1.82, 2.24) is 9.13 Å². The van der Waals surface area contributed by atoms with Crippen LogP contribution in [-0.2, 0) is 23.9 Å². The molecule has 0 saturated carbocycles. The largest absolute Gasteiger partial charge is 0.336 e. The fourth-order valence-corrected chi connectivity index (χ4v) is 8.47. The molecule has 6 aromatic carbocycles. The standard InChI is InChI=1S/2C23H21Br2N/c2*1-23(2,3)16-6-4-15(5-7-16)14-26-21-10-8-17(24)12-19(21)20-13-18(25)9-11-22(20)26/h2*4-13H,14H2,1-3H3. The lowest BCUT2D eigenvalue weighted by Crippen LogP contribution is -2.11. The molecule has 2 heterocycles. The number of halogens is 4. The Morgan fingerprint density at radius 3 is 0.846 bits per heavy atom. The van der Waals surface area contributed by atoms with Crippen molar-refractivity contribution in [3.05, 3.63) is 161 Å². The van der Waals surface area contributed by atoms with Gasteiger partial charge < -0.3 is 9.13 Å². The Kier molecular flexibility index (Phi) is 10.4. The van der Waals surface area contributed by atoms with Crippen molar-refractivity contribution in [3.8, 4) is 0 Å². The zero-order valence-corrected chi connectivity index (χ0v) is 36.7. The van der Waals surface area contributed by atoms with Crippen LogP contribution < -0.4 is 0 Å². The molecule has 0 fully saturated rings. The van der Waals surface area contributed by atoms with Crippen molar-refractivity contribution in [3.63, 3.8) is 0 Å². The fraction of sp³-hybridized carbons (Fsp3) is 0.217. The van der Waals surface area contributed by atoms with E-state index in [1.807, 2.05) is 0 Å². The number of hydrogen-bond donors (Lipinski definition) is 0. The maximum Gasteiger partial charge on any atom is 0.0495 e. The molecule has 264 valence electrons. The third-order valence-electron chi connectivity index (χ3n) is 9.90. The van der Waals surface area contributed by atoms with Crippen molar-refractivity contribution in [2.45, 2.75) is 65.5 Å². The van der Waals surface area contributed by atoms with E-state index in [0.717, 1.165) is 31.0 Å². The number of aromatic nitrogens is 2. The number of hydrogen-bond acceptors (Lipinski definition) is 0. The molecule has 0 bridgehead atoms. The molecule has 0 unspecified atom stereocenters. The van der Waals surface area contributed by atoms with Crippen LogP contribution in [0, 0.1) is 0 Å². The lowest BCUT2D eigenvalue weighted by molar-refractivity contribution is 0.589. The summed E-state index contributed by atoms with van der Waals surface area (Å²) in [6.07, 6.45) is 0. The van der Waals surface area contributed by atoms with Crippen molar-refractivity contribution in [2.75, 3.05) is 0 Å². The third kappa shape index (κ3) is 7.73. The smallest absolute Gasteiger partial charge is 0.0495 e. The molecular formula is C46H42Br4N2. The van der Waals surface area contributed by atoms with E-state index in [2.05, 4.69) is 236 Å². The molecule has 2 nitrogen and oxygen atoms in total. The summed E-state index contributed by atoms with van der Waals surface area (Å²) in [5, 5.41) is 5.12. The molecule has 0 saturated heterocycles. The molecule has 0 radical (unpaired) electrons. The maximum atomic E-state index is 3.62. The Morgan fingerprint density at radius 1 is 0.365 bits per heavy atom. The van der Waals surface area contributed by atoms with E-state index >= 15 is 0 Å². The Balaban J connectivity index is 0.000000162. The van der Waals surface area contributed by atoms with Gasteiger partial charge in [0.1, 0.15) is 0 Å². The maximum absolute atomic E-state index is 3.62. The molecule has 0 aliphatic rings. The van der Waals surface area contributed by atoms with Gasteiger partial charge in [0.2, 0.25) is 0 Å². The number of fused-ring (bicyclic) bond motifs is 6. The Morgan fingerprint density at radius 2 is 0.615 bits per heavy atom. The molecule has 8 rings (SSSR count). The Labute approximate surface area is 340 Å². The Hall–Kier alpha value is -3.16. The van der Waals surface area contributed by atoms with Crippen LogP contribution in [0.2, 0.25) is 0 Å². The van der Waals surface area contributed by atoms with Gasteiger partial charge in [0.25, 0.3) is 0 Å². The third-order valence-corrected chi connectivity index (χ3v) is 11.9. The molecule has 0 atom stereocenters. The van der Waals surface area contributed by atoms with Gasteiger partial charge in [0.05, 0.1) is 0 Å². The van der Waals surface area contributed by atoms with Crippen LogP contribution >= 0.6 is 63.7 Å². The van der Waals surface area contributed by atoms with E-state index in [1.165, 1.54) is 65.9 Å². The second kappa shape index (κ2) is 14.6. The average molecular weight is 942 g/mol. The molecule has 0 amide bonds. The van der Waals surface area contributed by atoms with E-state index in [4.69, 9.17) is 0 Å². The highest BCUT2D eigenvalue weighted by atomic mass is 79.9. The lowest BCUT2D eigenvalue weighted by Gasteiger charge is -2.19. The predicted octanol–water partition coefficient (Wildman–Crippen LogP) is 15.3. The van der Waals surface area contributed by atoms with Crippen LogP contribution in [0.1, 0.15) is 63.8 Å². The second-order valence-corrected chi connectivity index (χ2v) is 19.4. The van der Waals surface area contributed by atoms with Gasteiger partial charge in [-0.1, -0.05) is 154 Å². The second-order valence-electron chi connectivity index (χ2n) is 15.7. The van der Waals surface area contributed by atoms with E-state index in [1.54, 1.807) is 0 Å². The van der Waals surface area contributed by atoms with Gasteiger partial charge in [-0.15, -0.1) is 0 Å². The highest BCUT2D eigenvalue weighted by Crippen LogP contribution is 2.35. The first kappa shape index (κ1) is 37.2. The van der Waals surface area contributed by atoms with Crippen LogP contribution in [0.15, 0.2) is 139 Å². The summed E-state index contributed by atoms with van der Waals surface area (Å²) >= 11 is 14.5. The normalized spacial score (nSPS) is 12.2. The molecule has 0 spiro atoms. The number of benzene rings is 6. The highest BCUT2D eigenvalue weighted by Gasteiger charge is 2.17. The fourth-order valence-electron chi connectivity index (χ4n) is 7.02. The molecule has 0 N–H and O–H groups in total. The van der Waals surface area contributed by atoms with Crippen molar-refractivity contribution < 1.29 is 0 Å². The number of nitrogens with zero attached hydrogens (tertiary/aromatic N) is 2. The predicted molar refractivity (Wildman–Crippen MR) is 238 cm³/mol. The van der Waals surface area contributed by atoms with E-state index in [0.29, 0.717) is 0 Å². The highest BCUT2D eigenvalue weighted by molar-refractivity contribution is 9.11. The minimum atomic E-state index is 0.184. The van der Waals surface area contributed by atoms with Crippen molar-refractivity contribution in [1.29, 1.82) is 0 Å². The summed E-state index contributed by atoms with van der Waals surface area (Å²) in [6, 6.07) is 44.2. The first-order valence-electron chi connectivity index (χ1n) is 17.6. The number of rotatable bonds is 4. The van der Waals surface area contributed by atoms with E-state index in [9.17, 15) is 0 Å². The van der Waals surface area contributed by atoms with Gasteiger partial charge in [-0.3, -0.25) is 0 Å². The van der Waals surface area contributed by atoms with E-state index in [-0.39, 0.29) is 10.8 Å². The summed E-state index contributed by atoms with van der Waals surface area (Å²) in [4.78, 5) is 0. The van der Waals surface area contributed by atoms with Gasteiger partial charge in [0.15, 0.2) is 0 Å². The summed E-state index contributed by atoms with van der Waals surface area (Å²) < 4.78 is 9.26. The molecule has 0 aliphatic heterocycles. The quantitative estimate of drug-likeness (QED) is 0.166. The zero-order valence-electron chi connectivity index (χ0n) is 30.4.